The van der Waals surface area contributed by atoms with Crippen molar-refractivity contribution in [3.8, 4) is 5.75 Å². The lowest BCUT2D eigenvalue weighted by atomic mass is 10.0. The molecule has 0 aliphatic rings. The standard InChI is InChI=1S/C18H25NO2/c1-18(2,3)19-13-16-15-8-6-5-7-14(15)9-10-17(16)21-12-11-20-4/h5-10,19H,11-13H2,1-4H3. The van der Waals surface area contributed by atoms with Gasteiger partial charge in [-0.15, -0.1) is 0 Å². The van der Waals surface area contributed by atoms with Crippen molar-refractivity contribution in [3.63, 3.8) is 0 Å². The zero-order chi connectivity index (χ0) is 15.3. The molecular formula is C18H25NO2. The van der Waals surface area contributed by atoms with Gasteiger partial charge in [0.1, 0.15) is 12.4 Å². The number of fused-ring (bicyclic) bond motifs is 1. The first-order valence-corrected chi connectivity index (χ1v) is 7.38. The Bertz CT molecular complexity index is 587. The number of hydrogen-bond acceptors (Lipinski definition) is 3. The molecule has 2 aromatic carbocycles. The molecule has 1 N–H and O–H groups in total. The van der Waals surface area contributed by atoms with Crippen molar-refractivity contribution in [3.05, 3.63) is 42.0 Å². The van der Waals surface area contributed by atoms with Gasteiger partial charge in [-0.3, -0.25) is 0 Å². The Hall–Kier alpha value is -1.58. The van der Waals surface area contributed by atoms with Crippen LogP contribution in [0.3, 0.4) is 0 Å². The van der Waals surface area contributed by atoms with Crippen LogP contribution in [0.4, 0.5) is 0 Å². The van der Waals surface area contributed by atoms with E-state index in [1.54, 1.807) is 7.11 Å². The van der Waals surface area contributed by atoms with E-state index in [-0.39, 0.29) is 5.54 Å². The molecule has 3 heteroatoms. The van der Waals surface area contributed by atoms with E-state index in [4.69, 9.17) is 9.47 Å². The Morgan fingerprint density at radius 3 is 2.48 bits per heavy atom. The highest BCUT2D eigenvalue weighted by atomic mass is 16.5. The van der Waals surface area contributed by atoms with Crippen LogP contribution in [0.5, 0.6) is 5.75 Å². The van der Waals surface area contributed by atoms with Crippen molar-refractivity contribution in [2.45, 2.75) is 32.9 Å². The number of nitrogens with one attached hydrogen (secondary N) is 1. The Kier molecular flexibility index (Phi) is 5.21. The fourth-order valence-corrected chi connectivity index (χ4v) is 2.22. The molecule has 3 nitrogen and oxygen atoms in total. The van der Waals surface area contributed by atoms with E-state index in [2.05, 4.69) is 62.5 Å². The second kappa shape index (κ2) is 6.92. The van der Waals surface area contributed by atoms with Gasteiger partial charge < -0.3 is 14.8 Å². The molecule has 0 fully saturated rings. The predicted octanol–water partition coefficient (Wildman–Crippen LogP) is 3.75. The molecule has 0 atom stereocenters. The summed E-state index contributed by atoms with van der Waals surface area (Å²) in [6.45, 7) is 8.46. The van der Waals surface area contributed by atoms with Crippen molar-refractivity contribution in [2.75, 3.05) is 20.3 Å². The predicted molar refractivity (Wildman–Crippen MR) is 87.9 cm³/mol. The Labute approximate surface area is 127 Å². The van der Waals surface area contributed by atoms with Crippen molar-refractivity contribution >= 4 is 10.8 Å². The molecule has 0 saturated heterocycles. The minimum atomic E-state index is 0.0702. The molecule has 0 heterocycles. The van der Waals surface area contributed by atoms with Crippen LogP contribution in [-0.4, -0.2) is 25.9 Å². The summed E-state index contributed by atoms with van der Waals surface area (Å²) in [6, 6.07) is 12.6. The van der Waals surface area contributed by atoms with Gasteiger partial charge in [0.15, 0.2) is 0 Å². The molecule has 0 aliphatic carbocycles. The van der Waals surface area contributed by atoms with Crippen LogP contribution in [0.25, 0.3) is 10.8 Å². The second-order valence-corrected chi connectivity index (χ2v) is 6.21. The molecule has 21 heavy (non-hydrogen) atoms. The molecule has 0 spiro atoms. The summed E-state index contributed by atoms with van der Waals surface area (Å²) < 4.78 is 11.0. The average molecular weight is 287 g/mol. The van der Waals surface area contributed by atoms with Gasteiger partial charge in [0.2, 0.25) is 0 Å². The van der Waals surface area contributed by atoms with Crippen LogP contribution in [-0.2, 0) is 11.3 Å². The summed E-state index contributed by atoms with van der Waals surface area (Å²) >= 11 is 0. The number of hydrogen-bond donors (Lipinski definition) is 1. The first kappa shape index (κ1) is 15.8. The molecule has 0 bridgehead atoms. The van der Waals surface area contributed by atoms with Crippen LogP contribution in [0.2, 0.25) is 0 Å². The summed E-state index contributed by atoms with van der Waals surface area (Å²) in [5, 5.41) is 6.03. The van der Waals surface area contributed by atoms with Crippen LogP contribution >= 0.6 is 0 Å². The summed E-state index contributed by atoms with van der Waals surface area (Å²) in [4.78, 5) is 0. The maximum absolute atomic E-state index is 5.89. The normalized spacial score (nSPS) is 11.8. The fraction of sp³-hybridized carbons (Fsp3) is 0.444. The monoisotopic (exact) mass is 287 g/mol. The lowest BCUT2D eigenvalue weighted by molar-refractivity contribution is 0.145. The zero-order valence-electron chi connectivity index (χ0n) is 13.4. The summed E-state index contributed by atoms with van der Waals surface area (Å²) in [5.41, 5.74) is 1.28. The Morgan fingerprint density at radius 1 is 1.00 bits per heavy atom. The van der Waals surface area contributed by atoms with Gasteiger partial charge >= 0.3 is 0 Å². The molecule has 114 valence electrons. The molecule has 0 amide bonds. The van der Waals surface area contributed by atoms with Gasteiger partial charge in [-0.2, -0.15) is 0 Å². The van der Waals surface area contributed by atoms with Gasteiger partial charge in [-0.25, -0.2) is 0 Å². The fourth-order valence-electron chi connectivity index (χ4n) is 2.22. The molecule has 0 aliphatic heterocycles. The van der Waals surface area contributed by atoms with E-state index in [0.29, 0.717) is 13.2 Å². The molecule has 2 rings (SSSR count). The van der Waals surface area contributed by atoms with E-state index >= 15 is 0 Å². The third-order valence-corrected chi connectivity index (χ3v) is 3.34. The van der Waals surface area contributed by atoms with E-state index in [9.17, 15) is 0 Å². The van der Waals surface area contributed by atoms with Crippen molar-refractivity contribution in [1.82, 2.24) is 5.32 Å². The molecule has 0 radical (unpaired) electrons. The third kappa shape index (κ3) is 4.45. The highest BCUT2D eigenvalue weighted by Crippen LogP contribution is 2.28. The molecule has 0 saturated carbocycles. The third-order valence-electron chi connectivity index (χ3n) is 3.34. The average Bonchev–Trinajstić information content (AvgIpc) is 2.45. The van der Waals surface area contributed by atoms with Gasteiger partial charge in [-0.05, 0) is 37.6 Å². The first-order valence-electron chi connectivity index (χ1n) is 7.38. The number of rotatable bonds is 6. The topological polar surface area (TPSA) is 30.5 Å². The zero-order valence-corrected chi connectivity index (χ0v) is 13.4. The van der Waals surface area contributed by atoms with Gasteiger partial charge in [0, 0.05) is 24.8 Å². The quantitative estimate of drug-likeness (QED) is 0.821. The van der Waals surface area contributed by atoms with Gasteiger partial charge in [-0.1, -0.05) is 30.3 Å². The summed E-state index contributed by atoms with van der Waals surface area (Å²) in [6.07, 6.45) is 0. The smallest absolute Gasteiger partial charge is 0.124 e. The molecular weight excluding hydrogens is 262 g/mol. The lowest BCUT2D eigenvalue weighted by Crippen LogP contribution is -2.35. The summed E-state index contributed by atoms with van der Waals surface area (Å²) in [7, 11) is 1.69. The van der Waals surface area contributed by atoms with E-state index < -0.39 is 0 Å². The maximum Gasteiger partial charge on any atom is 0.124 e. The summed E-state index contributed by atoms with van der Waals surface area (Å²) in [5.74, 6) is 0.933. The minimum absolute atomic E-state index is 0.0702. The van der Waals surface area contributed by atoms with Crippen molar-refractivity contribution in [2.24, 2.45) is 0 Å². The lowest BCUT2D eigenvalue weighted by Gasteiger charge is -2.22. The highest BCUT2D eigenvalue weighted by Gasteiger charge is 2.13. The van der Waals surface area contributed by atoms with Gasteiger partial charge in [0.25, 0.3) is 0 Å². The Morgan fingerprint density at radius 2 is 1.76 bits per heavy atom. The SMILES string of the molecule is COCCOc1ccc2ccccc2c1CNC(C)(C)C. The van der Waals surface area contributed by atoms with Crippen molar-refractivity contribution in [1.29, 1.82) is 0 Å². The van der Waals surface area contributed by atoms with E-state index in [1.807, 2.05) is 0 Å². The van der Waals surface area contributed by atoms with Crippen LogP contribution in [0.15, 0.2) is 36.4 Å². The first-order chi connectivity index (χ1) is 10.0. The van der Waals surface area contributed by atoms with Crippen LogP contribution < -0.4 is 10.1 Å². The number of methoxy groups -OCH3 is 1. The molecule has 2 aromatic rings. The van der Waals surface area contributed by atoms with Crippen LogP contribution in [0.1, 0.15) is 26.3 Å². The number of ether oxygens (including phenoxy) is 2. The number of benzene rings is 2. The maximum atomic E-state index is 5.89. The van der Waals surface area contributed by atoms with Crippen LogP contribution in [0, 0.1) is 0 Å². The molecule has 0 aromatic heterocycles. The van der Waals surface area contributed by atoms with Crippen molar-refractivity contribution < 1.29 is 9.47 Å². The van der Waals surface area contributed by atoms with E-state index in [1.165, 1.54) is 16.3 Å². The Balaban J connectivity index is 2.32. The van der Waals surface area contributed by atoms with Gasteiger partial charge in [0.05, 0.1) is 6.61 Å². The minimum Gasteiger partial charge on any atom is -0.491 e. The molecule has 0 unspecified atom stereocenters. The highest BCUT2D eigenvalue weighted by molar-refractivity contribution is 5.87. The largest absolute Gasteiger partial charge is 0.491 e. The second-order valence-electron chi connectivity index (χ2n) is 6.21. The van der Waals surface area contributed by atoms with E-state index in [0.717, 1.165) is 12.3 Å².